The van der Waals surface area contributed by atoms with Gasteiger partial charge in [-0.05, 0) is 24.5 Å². The molecule has 0 bridgehead atoms. The van der Waals surface area contributed by atoms with E-state index in [-0.39, 0.29) is 0 Å². The number of nitrogens with zero attached hydrogens (tertiary/aromatic N) is 1. The number of carbonyl (C=O) groups is 1. The molecule has 0 unspecified atom stereocenters. The Balaban J connectivity index is 2.28. The number of hydrogen-bond acceptors (Lipinski definition) is 3. The first-order valence-corrected chi connectivity index (χ1v) is 4.34. The van der Waals surface area contributed by atoms with Gasteiger partial charge in [0.05, 0.1) is 5.69 Å². The normalized spacial score (nSPS) is 9.71. The zero-order valence-electron chi connectivity index (χ0n) is 7.73. The van der Waals surface area contributed by atoms with E-state index in [0.29, 0.717) is 12.2 Å². The molecular weight excluding hydrogens is 182 g/mol. The molecule has 0 aliphatic rings. The Bertz CT molecular complexity index is 315. The summed E-state index contributed by atoms with van der Waals surface area (Å²) in [7, 11) is 0. The van der Waals surface area contributed by atoms with Crippen molar-refractivity contribution in [1.82, 2.24) is 10.3 Å². The van der Waals surface area contributed by atoms with Crippen LogP contribution in [0.5, 0.6) is 0 Å². The number of carboxylic acid groups (broad SMARTS) is 1. The molecule has 1 aromatic rings. The summed E-state index contributed by atoms with van der Waals surface area (Å²) in [5.74, 6) is 0. The molecule has 1 rings (SSSR count). The van der Waals surface area contributed by atoms with E-state index in [2.05, 4.69) is 10.3 Å². The van der Waals surface area contributed by atoms with Gasteiger partial charge in [-0.3, -0.25) is 4.98 Å². The van der Waals surface area contributed by atoms with Crippen molar-refractivity contribution in [1.29, 1.82) is 0 Å². The summed E-state index contributed by atoms with van der Waals surface area (Å²) >= 11 is 0. The fraction of sp³-hybridized carbons (Fsp3) is 0.333. The minimum absolute atomic E-state index is 0.449. The standard InChI is InChI=1S/C9H13N3O2/c10-8-4-7(5-11-6-8)2-1-3-12-9(13)14/h4-6,12H,1-3,10H2,(H,13,14). The third-order valence-electron chi connectivity index (χ3n) is 1.73. The van der Waals surface area contributed by atoms with Gasteiger partial charge in [0, 0.05) is 18.9 Å². The lowest BCUT2D eigenvalue weighted by molar-refractivity contribution is 0.194. The highest BCUT2D eigenvalue weighted by Gasteiger charge is 1.96. The molecule has 0 aliphatic heterocycles. The predicted octanol–water partition coefficient (Wildman–Crippen LogP) is 0.864. The molecule has 76 valence electrons. The van der Waals surface area contributed by atoms with Crippen LogP contribution in [0.2, 0.25) is 0 Å². The van der Waals surface area contributed by atoms with E-state index < -0.39 is 6.09 Å². The molecule has 14 heavy (non-hydrogen) atoms. The monoisotopic (exact) mass is 195 g/mol. The maximum atomic E-state index is 10.1. The number of aromatic nitrogens is 1. The number of amides is 1. The predicted molar refractivity (Wildman–Crippen MR) is 53.0 cm³/mol. The van der Waals surface area contributed by atoms with Gasteiger partial charge in [0.25, 0.3) is 0 Å². The van der Waals surface area contributed by atoms with Crippen molar-refractivity contribution in [3.05, 3.63) is 24.0 Å². The molecule has 1 heterocycles. The first-order chi connectivity index (χ1) is 6.68. The molecule has 0 saturated carbocycles. The van der Waals surface area contributed by atoms with Crippen molar-refractivity contribution >= 4 is 11.8 Å². The van der Waals surface area contributed by atoms with Crippen LogP contribution < -0.4 is 11.1 Å². The molecule has 4 N–H and O–H groups in total. The highest BCUT2D eigenvalue weighted by atomic mass is 16.4. The minimum Gasteiger partial charge on any atom is -0.465 e. The van der Waals surface area contributed by atoms with Crippen LogP contribution >= 0.6 is 0 Å². The molecule has 0 saturated heterocycles. The fourth-order valence-electron chi connectivity index (χ4n) is 1.13. The Hall–Kier alpha value is -1.78. The molecule has 0 atom stereocenters. The smallest absolute Gasteiger partial charge is 0.404 e. The fourth-order valence-corrected chi connectivity index (χ4v) is 1.13. The maximum Gasteiger partial charge on any atom is 0.404 e. The zero-order chi connectivity index (χ0) is 10.4. The van der Waals surface area contributed by atoms with Crippen molar-refractivity contribution < 1.29 is 9.90 Å². The van der Waals surface area contributed by atoms with Gasteiger partial charge < -0.3 is 16.2 Å². The summed E-state index contributed by atoms with van der Waals surface area (Å²) in [5, 5.41) is 10.6. The van der Waals surface area contributed by atoms with Crippen LogP contribution in [0.4, 0.5) is 10.5 Å². The average molecular weight is 195 g/mol. The molecule has 0 spiro atoms. The second-order valence-corrected chi connectivity index (χ2v) is 2.96. The first kappa shape index (κ1) is 10.3. The van der Waals surface area contributed by atoms with E-state index in [1.807, 2.05) is 6.07 Å². The molecule has 1 aromatic heterocycles. The Morgan fingerprint density at radius 2 is 2.36 bits per heavy atom. The molecule has 0 fully saturated rings. The van der Waals surface area contributed by atoms with Gasteiger partial charge in [-0.15, -0.1) is 0 Å². The lowest BCUT2D eigenvalue weighted by atomic mass is 10.1. The number of rotatable bonds is 4. The highest BCUT2D eigenvalue weighted by molar-refractivity contribution is 5.64. The summed E-state index contributed by atoms with van der Waals surface area (Å²) in [6, 6.07) is 1.84. The van der Waals surface area contributed by atoms with Crippen molar-refractivity contribution in [2.45, 2.75) is 12.8 Å². The largest absolute Gasteiger partial charge is 0.465 e. The molecular formula is C9H13N3O2. The highest BCUT2D eigenvalue weighted by Crippen LogP contribution is 2.05. The van der Waals surface area contributed by atoms with E-state index in [4.69, 9.17) is 10.8 Å². The summed E-state index contributed by atoms with van der Waals surface area (Å²) < 4.78 is 0. The third-order valence-corrected chi connectivity index (χ3v) is 1.73. The topological polar surface area (TPSA) is 88.2 Å². The molecule has 0 radical (unpaired) electrons. The number of nitrogens with one attached hydrogen (secondary N) is 1. The van der Waals surface area contributed by atoms with E-state index in [1.165, 1.54) is 0 Å². The Morgan fingerprint density at radius 3 is 3.00 bits per heavy atom. The Kier molecular flexibility index (Phi) is 3.72. The van der Waals surface area contributed by atoms with Gasteiger partial charge in [-0.2, -0.15) is 0 Å². The van der Waals surface area contributed by atoms with E-state index in [0.717, 1.165) is 18.4 Å². The van der Waals surface area contributed by atoms with E-state index in [1.54, 1.807) is 12.4 Å². The second kappa shape index (κ2) is 5.06. The number of nitrogens with two attached hydrogens (primary N) is 1. The Morgan fingerprint density at radius 1 is 1.57 bits per heavy atom. The van der Waals surface area contributed by atoms with Gasteiger partial charge in [-0.1, -0.05) is 0 Å². The lowest BCUT2D eigenvalue weighted by Crippen LogP contribution is -2.22. The first-order valence-electron chi connectivity index (χ1n) is 4.34. The van der Waals surface area contributed by atoms with Gasteiger partial charge >= 0.3 is 6.09 Å². The number of anilines is 1. The van der Waals surface area contributed by atoms with Gasteiger partial charge in [0.15, 0.2) is 0 Å². The van der Waals surface area contributed by atoms with E-state index >= 15 is 0 Å². The SMILES string of the molecule is Nc1cncc(CCCNC(=O)O)c1. The summed E-state index contributed by atoms with van der Waals surface area (Å²) in [5.41, 5.74) is 7.20. The quantitative estimate of drug-likeness (QED) is 0.622. The second-order valence-electron chi connectivity index (χ2n) is 2.96. The summed E-state index contributed by atoms with van der Waals surface area (Å²) in [6.45, 7) is 0.449. The Labute approximate surface area is 82.0 Å². The minimum atomic E-state index is -0.990. The summed E-state index contributed by atoms with van der Waals surface area (Å²) in [6.07, 6.45) is 3.85. The lowest BCUT2D eigenvalue weighted by Gasteiger charge is -2.02. The number of nitrogen functional groups attached to an aromatic ring is 1. The number of aryl methyl sites for hydroxylation is 1. The average Bonchev–Trinajstić information content (AvgIpc) is 2.12. The van der Waals surface area contributed by atoms with Crippen LogP contribution in [0.1, 0.15) is 12.0 Å². The number of pyridine rings is 1. The molecule has 5 heteroatoms. The molecule has 0 aliphatic carbocycles. The van der Waals surface area contributed by atoms with Crippen molar-refractivity contribution in [3.63, 3.8) is 0 Å². The summed E-state index contributed by atoms with van der Waals surface area (Å²) in [4.78, 5) is 14.1. The van der Waals surface area contributed by atoms with Crippen molar-refractivity contribution in [2.75, 3.05) is 12.3 Å². The maximum absolute atomic E-state index is 10.1. The number of hydrogen-bond donors (Lipinski definition) is 3. The van der Waals surface area contributed by atoms with E-state index in [9.17, 15) is 4.79 Å². The van der Waals surface area contributed by atoms with Crippen LogP contribution in [0.25, 0.3) is 0 Å². The van der Waals surface area contributed by atoms with Crippen LogP contribution in [0.15, 0.2) is 18.5 Å². The zero-order valence-corrected chi connectivity index (χ0v) is 7.73. The van der Waals surface area contributed by atoms with Gasteiger partial charge in [0.1, 0.15) is 0 Å². The molecule has 0 aromatic carbocycles. The van der Waals surface area contributed by atoms with Crippen molar-refractivity contribution in [3.8, 4) is 0 Å². The van der Waals surface area contributed by atoms with Gasteiger partial charge in [0.2, 0.25) is 0 Å². The van der Waals surface area contributed by atoms with Gasteiger partial charge in [-0.25, -0.2) is 4.79 Å². The van der Waals surface area contributed by atoms with Crippen LogP contribution in [-0.4, -0.2) is 22.7 Å². The molecule has 5 nitrogen and oxygen atoms in total. The molecule has 1 amide bonds. The van der Waals surface area contributed by atoms with Crippen LogP contribution in [0, 0.1) is 0 Å². The third kappa shape index (κ3) is 3.75. The van der Waals surface area contributed by atoms with Crippen molar-refractivity contribution in [2.24, 2.45) is 0 Å². The van der Waals surface area contributed by atoms with Crippen LogP contribution in [-0.2, 0) is 6.42 Å². The van der Waals surface area contributed by atoms with Crippen LogP contribution in [0.3, 0.4) is 0 Å².